The highest BCUT2D eigenvalue weighted by Gasteiger charge is 2.44. The summed E-state index contributed by atoms with van der Waals surface area (Å²) in [5, 5.41) is 1.79. The molecule has 126 valence electrons. The minimum Gasteiger partial charge on any atom is -0.452 e. The van der Waals surface area contributed by atoms with Gasteiger partial charge >= 0.3 is 18.1 Å². The number of halogens is 4. The lowest BCUT2D eigenvalue weighted by Gasteiger charge is -2.35. The second kappa shape index (κ2) is 7.18. The number of nitrogens with one attached hydrogen (secondary N) is 1. The average Bonchev–Trinajstić information content (AvgIpc) is 2.50. The van der Waals surface area contributed by atoms with Gasteiger partial charge in [0.25, 0.3) is 0 Å². The zero-order valence-corrected chi connectivity index (χ0v) is 12.4. The van der Waals surface area contributed by atoms with Crippen molar-refractivity contribution in [3.63, 3.8) is 0 Å². The topological polar surface area (TPSA) is 64.6 Å². The highest BCUT2D eigenvalue weighted by molar-refractivity contribution is 6.20. The Morgan fingerprint density at radius 2 is 1.91 bits per heavy atom. The third-order valence-electron chi connectivity index (χ3n) is 3.19. The molecule has 23 heavy (non-hydrogen) atoms. The van der Waals surface area contributed by atoms with Gasteiger partial charge in [0, 0.05) is 0 Å². The molecule has 1 saturated heterocycles. The van der Waals surface area contributed by atoms with E-state index in [0.29, 0.717) is 0 Å². The first-order chi connectivity index (χ1) is 10.8. The Bertz CT molecular complexity index is 567. The number of benzene rings is 1. The first-order valence-corrected chi connectivity index (χ1v) is 7.12. The van der Waals surface area contributed by atoms with E-state index in [2.05, 4.69) is 0 Å². The summed E-state index contributed by atoms with van der Waals surface area (Å²) in [6.45, 7) is 0.0381. The Labute approximate surface area is 134 Å². The van der Waals surface area contributed by atoms with Crippen LogP contribution in [-0.4, -0.2) is 42.4 Å². The summed E-state index contributed by atoms with van der Waals surface area (Å²) >= 11 is 5.87. The Kier molecular flexibility index (Phi) is 5.48. The Morgan fingerprint density at radius 1 is 1.26 bits per heavy atom. The van der Waals surface area contributed by atoms with Gasteiger partial charge in [-0.2, -0.15) is 13.2 Å². The van der Waals surface area contributed by atoms with Gasteiger partial charge in [-0.3, -0.25) is 4.79 Å². The number of esters is 1. The van der Waals surface area contributed by atoms with Crippen molar-refractivity contribution in [2.24, 2.45) is 0 Å². The number of carbonyl (C=O) groups excluding carboxylic acids is 2. The highest BCUT2D eigenvalue weighted by atomic mass is 35.5. The monoisotopic (exact) mass is 351 g/mol. The summed E-state index contributed by atoms with van der Waals surface area (Å²) in [6.07, 6.45) is -6.23. The second-order valence-electron chi connectivity index (χ2n) is 4.82. The summed E-state index contributed by atoms with van der Waals surface area (Å²) in [5.41, 5.74) is -0.946. The van der Waals surface area contributed by atoms with E-state index in [9.17, 15) is 22.8 Å². The fourth-order valence-electron chi connectivity index (χ4n) is 2.06. The lowest BCUT2D eigenvalue weighted by Crippen LogP contribution is -2.55. The molecular weight excluding hydrogens is 339 g/mol. The van der Waals surface area contributed by atoms with Crippen LogP contribution in [-0.2, 0) is 14.3 Å². The predicted octanol–water partition coefficient (Wildman–Crippen LogP) is 2.24. The molecule has 0 aliphatic carbocycles. The van der Waals surface area contributed by atoms with Gasteiger partial charge in [0.1, 0.15) is 0 Å². The van der Waals surface area contributed by atoms with Crippen molar-refractivity contribution in [3.8, 4) is 0 Å². The van der Waals surface area contributed by atoms with E-state index in [0.717, 1.165) is 0 Å². The summed E-state index contributed by atoms with van der Waals surface area (Å²) in [6, 6.07) is 6.78. The van der Waals surface area contributed by atoms with E-state index >= 15 is 0 Å². The number of hydrogen-bond acceptors (Lipinski definition) is 4. The van der Waals surface area contributed by atoms with E-state index in [-0.39, 0.29) is 18.6 Å². The molecule has 1 aromatic rings. The Morgan fingerprint density at radius 3 is 2.52 bits per heavy atom. The average molecular weight is 352 g/mol. The van der Waals surface area contributed by atoms with Crippen LogP contribution in [0.15, 0.2) is 30.3 Å². The number of carbonyl (C=O) groups is 2. The van der Waals surface area contributed by atoms with Crippen molar-refractivity contribution in [2.45, 2.75) is 30.3 Å². The third kappa shape index (κ3) is 4.59. The van der Waals surface area contributed by atoms with Crippen LogP contribution in [0.1, 0.15) is 16.8 Å². The maximum atomic E-state index is 12.4. The van der Waals surface area contributed by atoms with Crippen molar-refractivity contribution in [1.82, 2.24) is 5.32 Å². The molecule has 1 amide bonds. The lowest BCUT2D eigenvalue weighted by atomic mass is 10.1. The van der Waals surface area contributed by atoms with Crippen molar-refractivity contribution in [2.75, 3.05) is 6.61 Å². The van der Waals surface area contributed by atoms with Crippen molar-refractivity contribution in [1.29, 1.82) is 0 Å². The lowest BCUT2D eigenvalue weighted by molar-refractivity contribution is -0.176. The zero-order chi connectivity index (χ0) is 17.0. The Balaban J connectivity index is 2.09. The number of alkyl halides is 4. The van der Waals surface area contributed by atoms with Gasteiger partial charge in [0.05, 0.1) is 18.2 Å². The first-order valence-electron chi connectivity index (χ1n) is 6.68. The smallest absolute Gasteiger partial charge is 0.452 e. The molecule has 0 saturated carbocycles. The molecule has 1 aliphatic rings. The molecule has 1 fully saturated rings. The predicted molar refractivity (Wildman–Crippen MR) is 73.8 cm³/mol. The molecule has 0 spiro atoms. The minimum atomic E-state index is -5.03. The van der Waals surface area contributed by atoms with Gasteiger partial charge < -0.3 is 14.8 Å². The van der Waals surface area contributed by atoms with E-state index in [1.54, 1.807) is 23.5 Å². The normalized spacial score (nSPS) is 24.8. The van der Waals surface area contributed by atoms with Crippen LogP contribution in [0.5, 0.6) is 0 Å². The first kappa shape index (κ1) is 17.6. The molecule has 1 aliphatic heterocycles. The maximum absolute atomic E-state index is 12.4. The molecule has 1 aromatic carbocycles. The number of hydrogen-bond donors (Lipinski definition) is 1. The van der Waals surface area contributed by atoms with Gasteiger partial charge in [-0.05, 0) is 18.6 Å². The largest absolute Gasteiger partial charge is 0.471 e. The van der Waals surface area contributed by atoms with Crippen molar-refractivity contribution >= 4 is 23.5 Å². The summed E-state index contributed by atoms with van der Waals surface area (Å²) in [5.74, 6) is -2.88. The molecule has 9 heteroatoms. The van der Waals surface area contributed by atoms with Crippen LogP contribution in [0.4, 0.5) is 13.2 Å². The van der Waals surface area contributed by atoms with Crippen LogP contribution in [0.25, 0.3) is 0 Å². The van der Waals surface area contributed by atoms with Gasteiger partial charge in [-0.25, -0.2) is 4.79 Å². The third-order valence-corrected chi connectivity index (χ3v) is 3.56. The SMILES string of the molecule is O=C(O[C@H]1C(Cl)OCC[C@H]1NC(=O)C(F)(F)F)c1ccccc1. The Hall–Kier alpha value is -1.80. The number of rotatable bonds is 3. The zero-order valence-electron chi connectivity index (χ0n) is 11.7. The molecule has 3 atom stereocenters. The van der Waals surface area contributed by atoms with E-state index in [4.69, 9.17) is 21.1 Å². The molecule has 5 nitrogen and oxygen atoms in total. The molecule has 1 N–H and O–H groups in total. The number of ether oxygens (including phenoxy) is 2. The van der Waals surface area contributed by atoms with Crippen LogP contribution in [0, 0.1) is 0 Å². The van der Waals surface area contributed by atoms with E-state index < -0.39 is 35.8 Å². The molecule has 0 bridgehead atoms. The van der Waals surface area contributed by atoms with Crippen LogP contribution in [0.3, 0.4) is 0 Å². The van der Waals surface area contributed by atoms with Crippen LogP contribution >= 0.6 is 11.6 Å². The van der Waals surface area contributed by atoms with Crippen LogP contribution in [0.2, 0.25) is 0 Å². The van der Waals surface area contributed by atoms with Crippen LogP contribution < -0.4 is 5.32 Å². The quantitative estimate of drug-likeness (QED) is 0.670. The van der Waals surface area contributed by atoms with Crippen molar-refractivity contribution in [3.05, 3.63) is 35.9 Å². The summed E-state index contributed by atoms with van der Waals surface area (Å²) in [4.78, 5) is 23.1. The maximum Gasteiger partial charge on any atom is 0.471 e. The van der Waals surface area contributed by atoms with E-state index in [1.165, 1.54) is 12.1 Å². The van der Waals surface area contributed by atoms with E-state index in [1.807, 2.05) is 0 Å². The second-order valence-corrected chi connectivity index (χ2v) is 5.25. The van der Waals surface area contributed by atoms with Crippen molar-refractivity contribution < 1.29 is 32.2 Å². The summed E-state index contributed by atoms with van der Waals surface area (Å²) < 4.78 is 47.3. The fraction of sp³-hybridized carbons (Fsp3) is 0.429. The molecule has 0 aromatic heterocycles. The molecular formula is C14H13ClF3NO4. The molecule has 2 rings (SSSR count). The van der Waals surface area contributed by atoms with Gasteiger partial charge in [0.2, 0.25) is 0 Å². The minimum absolute atomic E-state index is 0.0381. The van der Waals surface area contributed by atoms with Gasteiger partial charge in [-0.1, -0.05) is 29.8 Å². The number of amides is 1. The standard InChI is InChI=1S/C14H13ClF3NO4/c15-11-10(23-12(20)8-4-2-1-3-5-8)9(6-7-22-11)19-13(21)14(16,17)18/h1-5,9-11H,6-7H2,(H,19,21)/t9-,10-,11?/m1/s1. The molecule has 1 unspecified atom stereocenters. The van der Waals surface area contributed by atoms with Gasteiger partial charge in [-0.15, -0.1) is 0 Å². The molecule has 1 heterocycles. The summed E-state index contributed by atoms with van der Waals surface area (Å²) in [7, 11) is 0. The molecule has 0 radical (unpaired) electrons. The fourth-order valence-corrected chi connectivity index (χ4v) is 2.37. The van der Waals surface area contributed by atoms with Gasteiger partial charge in [0.15, 0.2) is 11.7 Å². The highest BCUT2D eigenvalue weighted by Crippen LogP contribution is 2.24.